The second-order valence-corrected chi connectivity index (χ2v) is 4.65. The quantitative estimate of drug-likeness (QED) is 0.478. The summed E-state index contributed by atoms with van der Waals surface area (Å²) in [7, 11) is 0. The van der Waals surface area contributed by atoms with Crippen LogP contribution in [0.4, 0.5) is 5.69 Å². The van der Waals surface area contributed by atoms with E-state index in [0.29, 0.717) is 5.69 Å². The Labute approximate surface area is 113 Å². The van der Waals surface area contributed by atoms with Gasteiger partial charge in [0.2, 0.25) is 5.15 Å². The Morgan fingerprint density at radius 1 is 1.32 bits per heavy atom. The molecule has 2 aromatic rings. The lowest BCUT2D eigenvalue weighted by atomic mass is 10.0. The van der Waals surface area contributed by atoms with E-state index in [1.807, 2.05) is 12.1 Å². The average molecular weight is 277 g/mol. The summed E-state index contributed by atoms with van der Waals surface area (Å²) in [4.78, 5) is 22.7. The summed E-state index contributed by atoms with van der Waals surface area (Å²) in [6.07, 6.45) is 4.53. The molecule has 2 heterocycles. The molecule has 0 saturated heterocycles. The molecule has 6 nitrogen and oxygen atoms in total. The van der Waals surface area contributed by atoms with Gasteiger partial charge in [0.1, 0.15) is 12.0 Å². The summed E-state index contributed by atoms with van der Waals surface area (Å²) in [5.41, 5.74) is 2.09. The molecule has 0 amide bonds. The molecule has 1 atom stereocenters. The van der Waals surface area contributed by atoms with E-state index < -0.39 is 4.92 Å². The number of hydrogen-bond donors (Lipinski definition) is 0. The highest BCUT2D eigenvalue weighted by Gasteiger charge is 2.33. The molecule has 0 aliphatic heterocycles. The van der Waals surface area contributed by atoms with Gasteiger partial charge in [0.25, 0.3) is 0 Å². The van der Waals surface area contributed by atoms with Crippen LogP contribution in [0.3, 0.4) is 0 Å². The summed E-state index contributed by atoms with van der Waals surface area (Å²) < 4.78 is 0. The number of hydrogen-bond acceptors (Lipinski definition) is 5. The number of fused-ring (bicyclic) bond motifs is 1. The number of rotatable bonds is 2. The summed E-state index contributed by atoms with van der Waals surface area (Å²) in [6.45, 7) is 0. The number of nitro groups is 1. The maximum atomic E-state index is 11.1. The van der Waals surface area contributed by atoms with Crippen LogP contribution in [0.5, 0.6) is 0 Å². The lowest BCUT2D eigenvalue weighted by Crippen LogP contribution is -2.07. The van der Waals surface area contributed by atoms with Crippen LogP contribution in [0.25, 0.3) is 0 Å². The molecule has 0 bridgehead atoms. The van der Waals surface area contributed by atoms with Crippen LogP contribution in [-0.2, 0) is 6.42 Å². The smallest absolute Gasteiger partial charge is 0.260 e. The van der Waals surface area contributed by atoms with Crippen LogP contribution >= 0.6 is 11.6 Å². The molecule has 1 aliphatic carbocycles. The molecule has 0 saturated carbocycles. The summed E-state index contributed by atoms with van der Waals surface area (Å²) in [6, 6.07) is 3.85. The Bertz CT molecular complexity index is 662. The normalized spacial score (nSPS) is 17.2. The van der Waals surface area contributed by atoms with Gasteiger partial charge in [-0.05, 0) is 24.5 Å². The van der Waals surface area contributed by atoms with Crippen molar-refractivity contribution in [2.75, 3.05) is 0 Å². The highest BCUT2D eigenvalue weighted by atomic mass is 35.5. The third-order valence-corrected chi connectivity index (χ3v) is 3.55. The largest absolute Gasteiger partial charge is 0.328 e. The molecule has 0 radical (unpaired) electrons. The molecular weight excluding hydrogens is 268 g/mol. The molecule has 0 spiro atoms. The van der Waals surface area contributed by atoms with Gasteiger partial charge in [-0.1, -0.05) is 17.7 Å². The molecule has 0 fully saturated rings. The first-order valence-corrected chi connectivity index (χ1v) is 6.15. The van der Waals surface area contributed by atoms with E-state index in [1.165, 1.54) is 6.33 Å². The van der Waals surface area contributed by atoms with Crippen LogP contribution in [0.2, 0.25) is 5.15 Å². The maximum Gasteiger partial charge on any atom is 0.328 e. The fraction of sp³-hybridized carbons (Fsp3) is 0.250. The number of halogens is 1. The highest BCUT2D eigenvalue weighted by molar-refractivity contribution is 6.31. The van der Waals surface area contributed by atoms with Crippen molar-refractivity contribution in [1.82, 2.24) is 15.0 Å². The Morgan fingerprint density at radius 3 is 2.95 bits per heavy atom. The van der Waals surface area contributed by atoms with Gasteiger partial charge in [-0.15, -0.1) is 0 Å². The fourth-order valence-electron chi connectivity index (χ4n) is 2.47. The first-order valence-electron chi connectivity index (χ1n) is 5.77. The van der Waals surface area contributed by atoms with E-state index in [1.54, 1.807) is 6.20 Å². The summed E-state index contributed by atoms with van der Waals surface area (Å²) >= 11 is 5.82. The molecule has 96 valence electrons. The zero-order valence-corrected chi connectivity index (χ0v) is 10.5. The molecule has 19 heavy (non-hydrogen) atoms. The molecule has 2 aromatic heterocycles. The van der Waals surface area contributed by atoms with Crippen molar-refractivity contribution >= 4 is 17.3 Å². The Kier molecular flexibility index (Phi) is 2.87. The first kappa shape index (κ1) is 12.0. The lowest BCUT2D eigenvalue weighted by Gasteiger charge is -2.10. The van der Waals surface area contributed by atoms with Crippen molar-refractivity contribution in [3.63, 3.8) is 0 Å². The fourth-order valence-corrected chi connectivity index (χ4v) is 2.68. The van der Waals surface area contributed by atoms with Gasteiger partial charge in [-0.3, -0.25) is 15.1 Å². The molecular formula is C12H9ClN4O2. The SMILES string of the molecule is O=[N+]([O-])c1c(Cl)ncnc1C1CCc2cccnc21. The van der Waals surface area contributed by atoms with Gasteiger partial charge in [0.15, 0.2) is 0 Å². The van der Waals surface area contributed by atoms with E-state index in [0.717, 1.165) is 24.1 Å². The van der Waals surface area contributed by atoms with Crippen LogP contribution < -0.4 is 0 Å². The number of pyridine rings is 1. The van der Waals surface area contributed by atoms with Crippen molar-refractivity contribution in [2.24, 2.45) is 0 Å². The summed E-state index contributed by atoms with van der Waals surface area (Å²) in [5.74, 6) is -0.183. The number of nitrogens with zero attached hydrogens (tertiary/aromatic N) is 4. The zero-order valence-electron chi connectivity index (χ0n) is 9.78. The van der Waals surface area contributed by atoms with E-state index in [-0.39, 0.29) is 16.8 Å². The van der Waals surface area contributed by atoms with Gasteiger partial charge in [-0.2, -0.15) is 0 Å². The van der Waals surface area contributed by atoms with Crippen LogP contribution in [0, 0.1) is 10.1 Å². The van der Waals surface area contributed by atoms with E-state index in [2.05, 4.69) is 15.0 Å². The minimum atomic E-state index is -0.529. The minimum absolute atomic E-state index is 0.126. The van der Waals surface area contributed by atoms with E-state index >= 15 is 0 Å². The molecule has 7 heteroatoms. The lowest BCUT2D eigenvalue weighted by molar-refractivity contribution is -0.386. The van der Waals surface area contributed by atoms with Gasteiger partial charge in [0.05, 0.1) is 16.5 Å². The first-order chi connectivity index (χ1) is 9.18. The van der Waals surface area contributed by atoms with Gasteiger partial charge >= 0.3 is 5.69 Å². The summed E-state index contributed by atoms with van der Waals surface area (Å²) in [5, 5.41) is 11.0. The Hall–Kier alpha value is -2.08. The second kappa shape index (κ2) is 4.55. The molecule has 0 N–H and O–H groups in total. The maximum absolute atomic E-state index is 11.1. The van der Waals surface area contributed by atoms with E-state index in [9.17, 15) is 10.1 Å². The number of aromatic nitrogens is 3. The predicted octanol–water partition coefficient (Wildman–Crippen LogP) is 2.51. The van der Waals surface area contributed by atoms with Crippen LogP contribution in [0.1, 0.15) is 29.3 Å². The van der Waals surface area contributed by atoms with Crippen molar-refractivity contribution in [3.05, 3.63) is 56.9 Å². The predicted molar refractivity (Wildman–Crippen MR) is 68.1 cm³/mol. The zero-order chi connectivity index (χ0) is 13.4. The van der Waals surface area contributed by atoms with Crippen LogP contribution in [-0.4, -0.2) is 19.9 Å². The average Bonchev–Trinajstić information content (AvgIpc) is 2.81. The minimum Gasteiger partial charge on any atom is -0.260 e. The monoisotopic (exact) mass is 276 g/mol. The van der Waals surface area contributed by atoms with Crippen LogP contribution in [0.15, 0.2) is 24.7 Å². The van der Waals surface area contributed by atoms with Gasteiger partial charge in [-0.25, -0.2) is 9.97 Å². The van der Waals surface area contributed by atoms with Gasteiger partial charge in [0, 0.05) is 6.20 Å². The molecule has 0 aromatic carbocycles. The molecule has 3 rings (SSSR count). The highest BCUT2D eigenvalue weighted by Crippen LogP contribution is 2.40. The van der Waals surface area contributed by atoms with Crippen molar-refractivity contribution in [3.8, 4) is 0 Å². The van der Waals surface area contributed by atoms with E-state index in [4.69, 9.17) is 11.6 Å². The van der Waals surface area contributed by atoms with Crippen molar-refractivity contribution < 1.29 is 4.92 Å². The molecule has 1 aliphatic rings. The topological polar surface area (TPSA) is 81.8 Å². The Balaban J connectivity index is 2.15. The second-order valence-electron chi connectivity index (χ2n) is 4.29. The molecule has 1 unspecified atom stereocenters. The standard InChI is InChI=1S/C12H9ClN4O2/c13-12-11(17(18)19)10(15-6-16-12)8-4-3-7-2-1-5-14-9(7)8/h1-2,5-6,8H,3-4H2. The third-order valence-electron chi connectivity index (χ3n) is 3.28. The third kappa shape index (κ3) is 1.94. The van der Waals surface area contributed by atoms with Crippen molar-refractivity contribution in [1.29, 1.82) is 0 Å². The van der Waals surface area contributed by atoms with Gasteiger partial charge < -0.3 is 0 Å². The Morgan fingerprint density at radius 2 is 2.16 bits per heavy atom. The van der Waals surface area contributed by atoms with Crippen molar-refractivity contribution in [2.45, 2.75) is 18.8 Å². The number of aryl methyl sites for hydroxylation is 1.